The zero-order valence-electron chi connectivity index (χ0n) is 10.4. The lowest BCUT2D eigenvalue weighted by atomic mass is 10.1. The molecule has 0 atom stereocenters. The van der Waals surface area contributed by atoms with Crippen LogP contribution in [0.2, 0.25) is 0 Å². The summed E-state index contributed by atoms with van der Waals surface area (Å²) in [6, 6.07) is 1.83. The fraction of sp³-hybridized carbons (Fsp3) is 0.417. The van der Waals surface area contributed by atoms with E-state index in [2.05, 4.69) is 31.9 Å². The van der Waals surface area contributed by atoms with Crippen molar-refractivity contribution in [1.82, 2.24) is 0 Å². The Hall–Kier alpha value is -0.750. The molecule has 1 rings (SSSR count). The van der Waals surface area contributed by atoms with Crippen molar-refractivity contribution in [3.63, 3.8) is 0 Å². The van der Waals surface area contributed by atoms with E-state index >= 15 is 0 Å². The Bertz CT molecular complexity index is 446. The summed E-state index contributed by atoms with van der Waals surface area (Å²) in [5.74, 6) is 0.797. The Labute approximate surface area is 123 Å². The Balaban J connectivity index is 3.38. The van der Waals surface area contributed by atoms with Crippen LogP contribution in [0, 0.1) is 0 Å². The monoisotopic (exact) mass is 380 g/mol. The van der Waals surface area contributed by atoms with Crippen LogP contribution in [-0.4, -0.2) is 25.5 Å². The lowest BCUT2D eigenvalue weighted by Gasteiger charge is -2.16. The van der Waals surface area contributed by atoms with Gasteiger partial charge in [-0.1, -0.05) is 15.9 Å². The number of benzene rings is 1. The first-order valence-electron chi connectivity index (χ1n) is 5.22. The Morgan fingerprint density at radius 3 is 2.39 bits per heavy atom. The standard InChI is InChI=1S/C12H14Br2O4/c1-7(15)18-11-9(16-2)6-8(4-5-13)10(14)12(11)17-3/h6H,4-5H2,1-3H3. The molecular weight excluding hydrogens is 368 g/mol. The number of esters is 1. The van der Waals surface area contributed by atoms with Crippen molar-refractivity contribution in [2.75, 3.05) is 19.5 Å². The number of rotatable bonds is 5. The van der Waals surface area contributed by atoms with Crippen LogP contribution in [0.25, 0.3) is 0 Å². The van der Waals surface area contributed by atoms with Crippen LogP contribution >= 0.6 is 31.9 Å². The number of carbonyl (C=O) groups is 1. The molecule has 0 spiro atoms. The number of hydrogen-bond donors (Lipinski definition) is 0. The van der Waals surface area contributed by atoms with Crippen molar-refractivity contribution in [1.29, 1.82) is 0 Å². The molecule has 0 aliphatic carbocycles. The zero-order chi connectivity index (χ0) is 13.7. The molecule has 0 unspecified atom stereocenters. The zero-order valence-corrected chi connectivity index (χ0v) is 13.6. The van der Waals surface area contributed by atoms with Crippen LogP contribution < -0.4 is 14.2 Å². The largest absolute Gasteiger partial charge is 0.493 e. The lowest BCUT2D eigenvalue weighted by Crippen LogP contribution is -2.06. The van der Waals surface area contributed by atoms with Gasteiger partial charge in [-0.05, 0) is 34.0 Å². The number of methoxy groups -OCH3 is 2. The molecule has 6 heteroatoms. The van der Waals surface area contributed by atoms with Gasteiger partial charge in [0.15, 0.2) is 11.5 Å². The van der Waals surface area contributed by atoms with Gasteiger partial charge in [-0.15, -0.1) is 0 Å². The van der Waals surface area contributed by atoms with Crippen molar-refractivity contribution >= 4 is 37.8 Å². The summed E-state index contributed by atoms with van der Waals surface area (Å²) in [7, 11) is 3.04. The number of aryl methyl sites for hydroxylation is 1. The summed E-state index contributed by atoms with van der Waals surface area (Å²) in [6.07, 6.45) is 0.799. The van der Waals surface area contributed by atoms with E-state index in [1.807, 2.05) is 6.07 Å². The van der Waals surface area contributed by atoms with Gasteiger partial charge < -0.3 is 14.2 Å². The SMILES string of the molecule is COc1cc(CCBr)c(Br)c(OC)c1OC(C)=O. The van der Waals surface area contributed by atoms with Gasteiger partial charge in [0.05, 0.1) is 18.7 Å². The third-order valence-corrected chi connectivity index (χ3v) is 3.52. The maximum Gasteiger partial charge on any atom is 0.308 e. The quantitative estimate of drug-likeness (QED) is 0.445. The van der Waals surface area contributed by atoms with Crippen molar-refractivity contribution in [3.05, 3.63) is 16.1 Å². The normalized spacial score (nSPS) is 10.1. The molecular formula is C12H14Br2O4. The summed E-state index contributed by atoms with van der Waals surface area (Å²) < 4.78 is 16.4. The van der Waals surface area contributed by atoms with E-state index in [-0.39, 0.29) is 5.75 Å². The minimum Gasteiger partial charge on any atom is -0.493 e. The smallest absolute Gasteiger partial charge is 0.308 e. The minimum atomic E-state index is -0.424. The lowest BCUT2D eigenvalue weighted by molar-refractivity contribution is -0.132. The highest BCUT2D eigenvalue weighted by Crippen LogP contribution is 2.45. The highest BCUT2D eigenvalue weighted by Gasteiger charge is 2.20. The van der Waals surface area contributed by atoms with E-state index in [4.69, 9.17) is 14.2 Å². The molecule has 0 bridgehead atoms. The summed E-state index contributed by atoms with van der Waals surface area (Å²) in [4.78, 5) is 11.1. The highest BCUT2D eigenvalue weighted by atomic mass is 79.9. The summed E-state index contributed by atoms with van der Waals surface area (Å²) in [5, 5.41) is 0.810. The summed E-state index contributed by atoms with van der Waals surface area (Å²) in [6.45, 7) is 1.33. The molecule has 1 aromatic rings. The molecule has 0 fully saturated rings. The fourth-order valence-electron chi connectivity index (χ4n) is 1.50. The van der Waals surface area contributed by atoms with Crippen molar-refractivity contribution in [3.8, 4) is 17.2 Å². The predicted octanol–water partition coefficient (Wildman–Crippen LogP) is 3.33. The second-order valence-electron chi connectivity index (χ2n) is 3.45. The maximum absolute atomic E-state index is 11.1. The molecule has 1 aromatic carbocycles. The van der Waals surface area contributed by atoms with Gasteiger partial charge in [-0.3, -0.25) is 4.79 Å². The van der Waals surface area contributed by atoms with Gasteiger partial charge in [0, 0.05) is 12.3 Å². The Morgan fingerprint density at radius 1 is 1.28 bits per heavy atom. The van der Waals surface area contributed by atoms with Gasteiger partial charge in [-0.25, -0.2) is 0 Å². The van der Waals surface area contributed by atoms with Crippen LogP contribution in [-0.2, 0) is 11.2 Å². The first kappa shape index (κ1) is 15.3. The van der Waals surface area contributed by atoms with E-state index in [1.54, 1.807) is 0 Å². The van der Waals surface area contributed by atoms with Gasteiger partial charge in [0.25, 0.3) is 0 Å². The van der Waals surface area contributed by atoms with Gasteiger partial charge >= 0.3 is 5.97 Å². The van der Waals surface area contributed by atoms with Crippen LogP contribution in [0.1, 0.15) is 12.5 Å². The van der Waals surface area contributed by atoms with Gasteiger partial charge in [0.1, 0.15) is 0 Å². The Kier molecular flexibility index (Phi) is 5.95. The molecule has 0 aromatic heterocycles. The molecule has 0 saturated heterocycles. The topological polar surface area (TPSA) is 44.8 Å². The molecule has 0 aliphatic rings. The number of halogens is 2. The molecule has 0 saturated carbocycles. The van der Waals surface area contributed by atoms with Crippen molar-refractivity contribution in [2.24, 2.45) is 0 Å². The third kappa shape index (κ3) is 3.38. The summed E-state index contributed by atoms with van der Waals surface area (Å²) >= 11 is 6.84. The fourth-order valence-corrected chi connectivity index (χ4v) is 2.58. The molecule has 0 aliphatic heterocycles. The van der Waals surface area contributed by atoms with Crippen LogP contribution in [0.3, 0.4) is 0 Å². The highest BCUT2D eigenvalue weighted by molar-refractivity contribution is 9.10. The van der Waals surface area contributed by atoms with E-state index in [9.17, 15) is 4.79 Å². The number of carbonyl (C=O) groups excluding carboxylic acids is 1. The maximum atomic E-state index is 11.1. The van der Waals surface area contributed by atoms with E-state index in [0.29, 0.717) is 11.5 Å². The molecule has 0 radical (unpaired) electrons. The molecule has 100 valence electrons. The Morgan fingerprint density at radius 2 is 1.94 bits per heavy atom. The minimum absolute atomic E-state index is 0.290. The number of alkyl halides is 1. The van der Waals surface area contributed by atoms with E-state index in [0.717, 1.165) is 21.8 Å². The van der Waals surface area contributed by atoms with Gasteiger partial charge in [-0.2, -0.15) is 0 Å². The van der Waals surface area contributed by atoms with Crippen LogP contribution in [0.15, 0.2) is 10.5 Å². The van der Waals surface area contributed by atoms with Crippen molar-refractivity contribution < 1.29 is 19.0 Å². The summed E-state index contributed by atoms with van der Waals surface area (Å²) in [5.41, 5.74) is 1.01. The van der Waals surface area contributed by atoms with Gasteiger partial charge in [0.2, 0.25) is 5.75 Å². The predicted molar refractivity (Wildman–Crippen MR) is 76.1 cm³/mol. The third-order valence-electron chi connectivity index (χ3n) is 2.25. The first-order valence-corrected chi connectivity index (χ1v) is 7.14. The molecule has 0 amide bonds. The van der Waals surface area contributed by atoms with Crippen molar-refractivity contribution in [2.45, 2.75) is 13.3 Å². The van der Waals surface area contributed by atoms with E-state index in [1.165, 1.54) is 21.1 Å². The second-order valence-corrected chi connectivity index (χ2v) is 5.03. The molecule has 0 N–H and O–H groups in total. The first-order chi connectivity index (χ1) is 8.54. The number of ether oxygens (including phenoxy) is 3. The average Bonchev–Trinajstić information content (AvgIpc) is 2.32. The second kappa shape index (κ2) is 6.99. The molecule has 18 heavy (non-hydrogen) atoms. The average molecular weight is 382 g/mol. The van der Waals surface area contributed by atoms with Crippen LogP contribution in [0.5, 0.6) is 17.2 Å². The van der Waals surface area contributed by atoms with E-state index < -0.39 is 5.97 Å². The molecule has 0 heterocycles. The number of hydrogen-bond acceptors (Lipinski definition) is 4. The molecule has 4 nitrogen and oxygen atoms in total. The van der Waals surface area contributed by atoms with Crippen LogP contribution in [0.4, 0.5) is 0 Å².